The molecule has 16 heavy (non-hydrogen) atoms. The van der Waals surface area contributed by atoms with Gasteiger partial charge in [0.25, 0.3) is 0 Å². The monoisotopic (exact) mass is 226 g/mol. The first-order chi connectivity index (χ1) is 7.76. The maximum Gasteiger partial charge on any atom is 0.411 e. The third kappa shape index (κ3) is 4.14. The van der Waals surface area contributed by atoms with E-state index in [2.05, 4.69) is 15.0 Å². The number of amides is 1. The largest absolute Gasteiger partial charge is 0.478 e. The van der Waals surface area contributed by atoms with Gasteiger partial charge in [-0.05, 0) is 13.0 Å². The van der Waals surface area contributed by atoms with Crippen LogP contribution in [0.4, 0.5) is 10.5 Å². The van der Waals surface area contributed by atoms with Crippen LogP contribution in [-0.4, -0.2) is 36.0 Å². The zero-order valence-electron chi connectivity index (χ0n) is 8.97. The van der Waals surface area contributed by atoms with Gasteiger partial charge in [0.2, 0.25) is 5.88 Å². The SMILES string of the molecule is CCOc1ccc(NC(=O)OCCO)cn1. The summed E-state index contributed by atoms with van der Waals surface area (Å²) in [4.78, 5) is 15.0. The molecule has 0 fully saturated rings. The molecule has 1 amide bonds. The van der Waals surface area contributed by atoms with Crippen molar-refractivity contribution < 1.29 is 19.4 Å². The molecule has 0 saturated carbocycles. The normalized spacial score (nSPS) is 9.62. The highest BCUT2D eigenvalue weighted by atomic mass is 16.6. The minimum atomic E-state index is -0.625. The Labute approximate surface area is 93.2 Å². The van der Waals surface area contributed by atoms with E-state index in [0.29, 0.717) is 18.2 Å². The summed E-state index contributed by atoms with van der Waals surface area (Å²) < 4.78 is 9.76. The van der Waals surface area contributed by atoms with E-state index in [1.54, 1.807) is 12.1 Å². The molecule has 0 atom stereocenters. The van der Waals surface area contributed by atoms with Crippen molar-refractivity contribution in [2.24, 2.45) is 0 Å². The summed E-state index contributed by atoms with van der Waals surface area (Å²) >= 11 is 0. The van der Waals surface area contributed by atoms with Crippen LogP contribution < -0.4 is 10.1 Å². The Hall–Kier alpha value is -1.82. The van der Waals surface area contributed by atoms with Gasteiger partial charge in [0, 0.05) is 6.07 Å². The Morgan fingerprint density at radius 2 is 2.38 bits per heavy atom. The van der Waals surface area contributed by atoms with Crippen molar-refractivity contribution in [2.75, 3.05) is 25.1 Å². The fourth-order valence-corrected chi connectivity index (χ4v) is 0.980. The number of carbonyl (C=O) groups excluding carboxylic acids is 1. The lowest BCUT2D eigenvalue weighted by Crippen LogP contribution is -2.15. The van der Waals surface area contributed by atoms with E-state index in [0.717, 1.165) is 0 Å². The molecule has 0 radical (unpaired) electrons. The van der Waals surface area contributed by atoms with Crippen LogP contribution in [0.3, 0.4) is 0 Å². The van der Waals surface area contributed by atoms with E-state index >= 15 is 0 Å². The number of aliphatic hydroxyl groups excluding tert-OH is 1. The second-order valence-corrected chi connectivity index (χ2v) is 2.80. The summed E-state index contributed by atoms with van der Waals surface area (Å²) in [5.41, 5.74) is 0.506. The van der Waals surface area contributed by atoms with Crippen LogP contribution in [0.2, 0.25) is 0 Å². The van der Waals surface area contributed by atoms with E-state index < -0.39 is 6.09 Å². The van der Waals surface area contributed by atoms with Crippen molar-refractivity contribution in [3.05, 3.63) is 18.3 Å². The summed E-state index contributed by atoms with van der Waals surface area (Å²) in [6.45, 7) is 2.17. The van der Waals surface area contributed by atoms with Gasteiger partial charge in [-0.25, -0.2) is 9.78 Å². The first-order valence-corrected chi connectivity index (χ1v) is 4.89. The zero-order valence-corrected chi connectivity index (χ0v) is 8.97. The summed E-state index contributed by atoms with van der Waals surface area (Å²) in [6.07, 6.45) is 0.839. The molecule has 0 aromatic carbocycles. The Morgan fingerprint density at radius 1 is 1.56 bits per heavy atom. The lowest BCUT2D eigenvalue weighted by atomic mass is 10.4. The van der Waals surface area contributed by atoms with Crippen LogP contribution in [-0.2, 0) is 4.74 Å². The molecule has 6 heteroatoms. The quantitative estimate of drug-likeness (QED) is 0.783. The van der Waals surface area contributed by atoms with Gasteiger partial charge in [0.05, 0.1) is 25.1 Å². The van der Waals surface area contributed by atoms with Crippen molar-refractivity contribution >= 4 is 11.8 Å². The number of aliphatic hydroxyl groups is 1. The highest BCUT2D eigenvalue weighted by Gasteiger charge is 2.03. The van der Waals surface area contributed by atoms with Gasteiger partial charge >= 0.3 is 6.09 Å². The number of anilines is 1. The molecule has 1 heterocycles. The number of hydrogen-bond donors (Lipinski definition) is 2. The summed E-state index contributed by atoms with van der Waals surface area (Å²) in [6, 6.07) is 3.29. The Kier molecular flexibility index (Phi) is 5.07. The molecular formula is C10H14N2O4. The topological polar surface area (TPSA) is 80.7 Å². The van der Waals surface area contributed by atoms with Gasteiger partial charge in [-0.15, -0.1) is 0 Å². The number of aromatic nitrogens is 1. The number of pyridine rings is 1. The molecule has 1 aromatic rings. The predicted octanol–water partition coefficient (Wildman–Crippen LogP) is 1.02. The third-order valence-corrected chi connectivity index (χ3v) is 1.60. The molecule has 88 valence electrons. The highest BCUT2D eigenvalue weighted by molar-refractivity contribution is 5.84. The second kappa shape index (κ2) is 6.62. The molecule has 1 rings (SSSR count). The molecule has 0 aliphatic rings. The molecule has 0 bridgehead atoms. The molecule has 0 aliphatic carbocycles. The van der Waals surface area contributed by atoms with E-state index in [1.807, 2.05) is 6.92 Å². The molecule has 0 saturated heterocycles. The van der Waals surface area contributed by atoms with E-state index in [1.165, 1.54) is 6.20 Å². The molecule has 0 unspecified atom stereocenters. The van der Waals surface area contributed by atoms with Crippen molar-refractivity contribution in [2.45, 2.75) is 6.92 Å². The fraction of sp³-hybridized carbons (Fsp3) is 0.400. The smallest absolute Gasteiger partial charge is 0.411 e. The number of nitrogens with one attached hydrogen (secondary N) is 1. The van der Waals surface area contributed by atoms with Crippen LogP contribution in [0.15, 0.2) is 18.3 Å². The average molecular weight is 226 g/mol. The van der Waals surface area contributed by atoms with Crippen molar-refractivity contribution in [1.29, 1.82) is 0 Å². The van der Waals surface area contributed by atoms with Crippen LogP contribution in [0.1, 0.15) is 6.92 Å². The van der Waals surface area contributed by atoms with Crippen LogP contribution in [0.25, 0.3) is 0 Å². The number of nitrogens with zero attached hydrogens (tertiary/aromatic N) is 1. The van der Waals surface area contributed by atoms with Gasteiger partial charge < -0.3 is 14.6 Å². The van der Waals surface area contributed by atoms with Gasteiger partial charge in [-0.2, -0.15) is 0 Å². The number of rotatable bonds is 5. The van der Waals surface area contributed by atoms with Crippen LogP contribution in [0, 0.1) is 0 Å². The minimum Gasteiger partial charge on any atom is -0.478 e. The Morgan fingerprint density at radius 3 is 2.94 bits per heavy atom. The van der Waals surface area contributed by atoms with Gasteiger partial charge in [0.1, 0.15) is 6.61 Å². The van der Waals surface area contributed by atoms with Gasteiger partial charge in [-0.1, -0.05) is 0 Å². The Balaban J connectivity index is 2.45. The maximum atomic E-state index is 11.1. The summed E-state index contributed by atoms with van der Waals surface area (Å²) in [5, 5.41) is 10.9. The highest BCUT2D eigenvalue weighted by Crippen LogP contribution is 2.11. The number of hydrogen-bond acceptors (Lipinski definition) is 5. The summed E-state index contributed by atoms with van der Waals surface area (Å²) in [5.74, 6) is 0.497. The average Bonchev–Trinajstić information content (AvgIpc) is 2.29. The van der Waals surface area contributed by atoms with E-state index in [4.69, 9.17) is 9.84 Å². The molecule has 2 N–H and O–H groups in total. The Bertz CT molecular complexity index is 326. The zero-order chi connectivity index (χ0) is 11.8. The molecule has 6 nitrogen and oxygen atoms in total. The van der Waals surface area contributed by atoms with Crippen LogP contribution in [0.5, 0.6) is 5.88 Å². The summed E-state index contributed by atoms with van der Waals surface area (Å²) in [7, 11) is 0. The molecule has 1 aromatic heterocycles. The second-order valence-electron chi connectivity index (χ2n) is 2.80. The predicted molar refractivity (Wildman–Crippen MR) is 57.5 cm³/mol. The third-order valence-electron chi connectivity index (χ3n) is 1.60. The van der Waals surface area contributed by atoms with Gasteiger partial charge in [-0.3, -0.25) is 5.32 Å². The van der Waals surface area contributed by atoms with E-state index in [-0.39, 0.29) is 13.2 Å². The standard InChI is InChI=1S/C10H14N2O4/c1-2-15-9-4-3-8(7-11-9)12-10(14)16-6-5-13/h3-4,7,13H,2,5-6H2,1H3,(H,12,14). The number of ether oxygens (including phenoxy) is 2. The van der Waals surface area contributed by atoms with E-state index in [9.17, 15) is 4.79 Å². The van der Waals surface area contributed by atoms with Crippen LogP contribution >= 0.6 is 0 Å². The number of carbonyl (C=O) groups is 1. The van der Waals surface area contributed by atoms with Crippen molar-refractivity contribution in [3.63, 3.8) is 0 Å². The maximum absolute atomic E-state index is 11.1. The molecular weight excluding hydrogens is 212 g/mol. The minimum absolute atomic E-state index is 0.0315. The molecule has 0 spiro atoms. The lowest BCUT2D eigenvalue weighted by Gasteiger charge is -2.06. The first-order valence-electron chi connectivity index (χ1n) is 4.89. The van der Waals surface area contributed by atoms with Crippen molar-refractivity contribution in [1.82, 2.24) is 4.98 Å². The molecule has 0 aliphatic heterocycles. The van der Waals surface area contributed by atoms with Crippen molar-refractivity contribution in [3.8, 4) is 5.88 Å². The first kappa shape index (κ1) is 12.3. The lowest BCUT2D eigenvalue weighted by molar-refractivity contribution is 0.131. The van der Waals surface area contributed by atoms with Gasteiger partial charge in [0.15, 0.2) is 0 Å². The fourth-order valence-electron chi connectivity index (χ4n) is 0.980.